The van der Waals surface area contributed by atoms with Crippen LogP contribution in [-0.4, -0.2) is 32.0 Å². The first kappa shape index (κ1) is 17.7. The highest BCUT2D eigenvalue weighted by molar-refractivity contribution is 8.19. The van der Waals surface area contributed by atoms with Crippen LogP contribution in [0.5, 0.6) is 11.5 Å². The second-order valence-electron chi connectivity index (χ2n) is 4.84. The van der Waals surface area contributed by atoms with Crippen LogP contribution in [0.25, 0.3) is 0 Å². The van der Waals surface area contributed by atoms with Gasteiger partial charge in [0, 0.05) is 11.5 Å². The van der Waals surface area contributed by atoms with Crippen LogP contribution in [0.2, 0.25) is 5.15 Å². The third kappa shape index (κ3) is 3.93. The van der Waals surface area contributed by atoms with E-state index in [9.17, 15) is 8.42 Å². The number of hydrogen-bond acceptors (Lipinski definition) is 7. The molecule has 5 nitrogen and oxygen atoms in total. The van der Waals surface area contributed by atoms with Gasteiger partial charge in [0.2, 0.25) is 0 Å². The molecule has 1 saturated heterocycles. The van der Waals surface area contributed by atoms with Gasteiger partial charge < -0.3 is 8.92 Å². The van der Waals surface area contributed by atoms with Crippen molar-refractivity contribution in [3.05, 3.63) is 47.2 Å². The summed E-state index contributed by atoms with van der Waals surface area (Å²) in [5.41, 5.74) is 1.08. The third-order valence-electron chi connectivity index (χ3n) is 3.27. The molecule has 0 aliphatic carbocycles. The Hall–Kier alpha value is -1.09. The predicted octanol–water partition coefficient (Wildman–Crippen LogP) is 3.99. The number of nitrogens with zero attached hydrogens (tertiary/aromatic N) is 1. The van der Waals surface area contributed by atoms with E-state index in [4.69, 9.17) is 20.5 Å². The van der Waals surface area contributed by atoms with Gasteiger partial charge in [0.05, 0.1) is 17.9 Å². The highest BCUT2D eigenvalue weighted by Gasteiger charge is 2.23. The van der Waals surface area contributed by atoms with Gasteiger partial charge in [-0.15, -0.1) is 23.5 Å². The van der Waals surface area contributed by atoms with E-state index < -0.39 is 10.1 Å². The second kappa shape index (κ2) is 7.43. The summed E-state index contributed by atoms with van der Waals surface area (Å²) < 4.78 is 35.6. The van der Waals surface area contributed by atoms with Crippen molar-refractivity contribution in [3.8, 4) is 11.5 Å². The van der Waals surface area contributed by atoms with Gasteiger partial charge in [-0.1, -0.05) is 17.7 Å². The number of aromatic nitrogens is 1. The number of pyridine rings is 1. The molecule has 0 unspecified atom stereocenters. The summed E-state index contributed by atoms with van der Waals surface area (Å²) >= 11 is 9.40. The van der Waals surface area contributed by atoms with E-state index in [1.54, 1.807) is 6.07 Å². The van der Waals surface area contributed by atoms with Crippen LogP contribution >= 0.6 is 35.1 Å². The first-order valence-electron chi connectivity index (χ1n) is 6.97. The van der Waals surface area contributed by atoms with Crippen LogP contribution in [0.4, 0.5) is 0 Å². The fraction of sp³-hybridized carbons (Fsp3) is 0.267. The van der Waals surface area contributed by atoms with Gasteiger partial charge in [0.25, 0.3) is 0 Å². The smallest absolute Gasteiger partial charge is 0.340 e. The Labute approximate surface area is 154 Å². The summed E-state index contributed by atoms with van der Waals surface area (Å²) in [4.78, 5) is 3.70. The highest BCUT2D eigenvalue weighted by Crippen LogP contribution is 2.47. The first-order chi connectivity index (χ1) is 11.5. The minimum atomic E-state index is -4.01. The Bertz CT molecular complexity index is 821. The molecule has 0 saturated carbocycles. The summed E-state index contributed by atoms with van der Waals surface area (Å²) in [7, 11) is -2.52. The molecule has 128 valence electrons. The fourth-order valence-electron chi connectivity index (χ4n) is 2.13. The Balaban J connectivity index is 1.87. The number of rotatable bonds is 5. The molecule has 0 radical (unpaired) electrons. The van der Waals surface area contributed by atoms with E-state index in [0.717, 1.165) is 23.3 Å². The van der Waals surface area contributed by atoms with Crippen LogP contribution in [0.1, 0.15) is 10.1 Å². The van der Waals surface area contributed by atoms with Gasteiger partial charge in [0.15, 0.2) is 11.5 Å². The maximum Gasteiger partial charge on any atom is 0.340 e. The van der Waals surface area contributed by atoms with Gasteiger partial charge in [0.1, 0.15) is 10.0 Å². The van der Waals surface area contributed by atoms with Crippen molar-refractivity contribution in [2.45, 2.75) is 9.48 Å². The minimum Gasteiger partial charge on any atom is -0.493 e. The Kier molecular flexibility index (Phi) is 5.49. The number of benzene rings is 1. The molecule has 1 fully saturated rings. The van der Waals surface area contributed by atoms with Crippen LogP contribution in [0, 0.1) is 0 Å². The lowest BCUT2D eigenvalue weighted by Crippen LogP contribution is -2.11. The van der Waals surface area contributed by atoms with Gasteiger partial charge in [-0.2, -0.15) is 8.42 Å². The Morgan fingerprint density at radius 2 is 1.92 bits per heavy atom. The minimum absolute atomic E-state index is 0.0695. The topological polar surface area (TPSA) is 65.5 Å². The van der Waals surface area contributed by atoms with E-state index in [1.807, 2.05) is 35.7 Å². The molecular formula is C15H14ClNO4S3. The molecule has 2 heterocycles. The average molecular weight is 404 g/mol. The zero-order valence-electron chi connectivity index (χ0n) is 12.6. The van der Waals surface area contributed by atoms with E-state index in [1.165, 1.54) is 19.2 Å². The van der Waals surface area contributed by atoms with Crippen LogP contribution in [-0.2, 0) is 10.1 Å². The molecule has 0 amide bonds. The lowest BCUT2D eigenvalue weighted by Gasteiger charge is -2.14. The number of halogens is 1. The molecule has 0 N–H and O–H groups in total. The van der Waals surface area contributed by atoms with Crippen molar-refractivity contribution in [3.63, 3.8) is 0 Å². The summed E-state index contributed by atoms with van der Waals surface area (Å²) in [5.74, 6) is 2.73. The van der Waals surface area contributed by atoms with Crippen molar-refractivity contribution in [1.82, 2.24) is 4.98 Å². The van der Waals surface area contributed by atoms with Crippen molar-refractivity contribution in [1.29, 1.82) is 0 Å². The van der Waals surface area contributed by atoms with E-state index in [2.05, 4.69) is 4.98 Å². The van der Waals surface area contributed by atoms with Crippen LogP contribution < -0.4 is 8.92 Å². The van der Waals surface area contributed by atoms with E-state index >= 15 is 0 Å². The van der Waals surface area contributed by atoms with E-state index in [-0.39, 0.29) is 15.8 Å². The molecule has 2 aromatic rings. The summed E-state index contributed by atoms with van der Waals surface area (Å²) in [5, 5.41) is 0.211. The van der Waals surface area contributed by atoms with Gasteiger partial charge in [-0.25, -0.2) is 4.98 Å². The average Bonchev–Trinajstić information content (AvgIpc) is 3.10. The SMILES string of the molecule is COc1cc(C2SCCS2)ccc1OS(=O)(=O)c1ccc(Cl)nc1. The quantitative estimate of drug-likeness (QED) is 0.552. The largest absolute Gasteiger partial charge is 0.493 e. The molecule has 24 heavy (non-hydrogen) atoms. The second-order valence-corrected chi connectivity index (χ2v) is 9.50. The van der Waals surface area contributed by atoms with Gasteiger partial charge in [-0.3, -0.25) is 0 Å². The maximum atomic E-state index is 12.4. The van der Waals surface area contributed by atoms with Crippen LogP contribution in [0.15, 0.2) is 41.4 Å². The molecule has 1 aliphatic heterocycles. The molecule has 0 atom stereocenters. The third-order valence-corrected chi connectivity index (χ3v) is 7.82. The molecule has 9 heteroatoms. The molecular weight excluding hydrogens is 390 g/mol. The van der Waals surface area contributed by atoms with Gasteiger partial charge >= 0.3 is 10.1 Å². The summed E-state index contributed by atoms with van der Waals surface area (Å²) in [6, 6.07) is 8.04. The first-order valence-corrected chi connectivity index (χ1v) is 10.8. The molecule has 3 rings (SSSR count). The molecule has 1 aliphatic rings. The van der Waals surface area contributed by atoms with Crippen molar-refractivity contribution >= 4 is 45.2 Å². The standard InChI is InChI=1S/C15H14ClNO4S3/c1-20-13-8-10(15-22-6-7-23-15)2-4-12(13)21-24(18,19)11-3-5-14(16)17-9-11/h2-5,8-9,15H,6-7H2,1H3. The molecule has 0 bridgehead atoms. The summed E-state index contributed by atoms with van der Waals surface area (Å²) in [6.45, 7) is 0. The molecule has 0 spiro atoms. The number of hydrogen-bond donors (Lipinski definition) is 0. The highest BCUT2D eigenvalue weighted by atomic mass is 35.5. The predicted molar refractivity (Wildman–Crippen MR) is 97.7 cm³/mol. The summed E-state index contributed by atoms with van der Waals surface area (Å²) in [6.07, 6.45) is 1.16. The number of thioether (sulfide) groups is 2. The molecule has 1 aromatic heterocycles. The zero-order valence-corrected chi connectivity index (χ0v) is 15.8. The van der Waals surface area contributed by atoms with Crippen LogP contribution in [0.3, 0.4) is 0 Å². The Morgan fingerprint density at radius 3 is 2.54 bits per heavy atom. The van der Waals surface area contributed by atoms with Crippen molar-refractivity contribution in [2.24, 2.45) is 0 Å². The monoisotopic (exact) mass is 403 g/mol. The number of methoxy groups -OCH3 is 1. The zero-order chi connectivity index (χ0) is 17.2. The van der Waals surface area contributed by atoms with Crippen molar-refractivity contribution in [2.75, 3.05) is 18.6 Å². The molecule has 1 aromatic carbocycles. The number of ether oxygens (including phenoxy) is 1. The Morgan fingerprint density at radius 1 is 1.17 bits per heavy atom. The maximum absolute atomic E-state index is 12.4. The normalized spacial score (nSPS) is 15.4. The lowest BCUT2D eigenvalue weighted by atomic mass is 10.2. The van der Waals surface area contributed by atoms with E-state index in [0.29, 0.717) is 10.3 Å². The lowest BCUT2D eigenvalue weighted by molar-refractivity contribution is 0.390. The fourth-order valence-corrected chi connectivity index (χ4v) is 5.96. The van der Waals surface area contributed by atoms with Gasteiger partial charge in [-0.05, 0) is 29.8 Å². The van der Waals surface area contributed by atoms with Crippen molar-refractivity contribution < 1.29 is 17.3 Å².